The first kappa shape index (κ1) is 18.7. The molecule has 1 N–H and O–H groups in total. The van der Waals surface area contributed by atoms with Gasteiger partial charge in [-0.3, -0.25) is 4.79 Å². The van der Waals surface area contributed by atoms with E-state index in [1.54, 1.807) is 0 Å². The van der Waals surface area contributed by atoms with E-state index < -0.39 is 0 Å². The van der Waals surface area contributed by atoms with E-state index in [9.17, 15) is 4.79 Å². The summed E-state index contributed by atoms with van der Waals surface area (Å²) in [6, 6.07) is 16.5. The third-order valence-corrected chi connectivity index (χ3v) is 5.42. The van der Waals surface area contributed by atoms with Crippen LogP contribution in [0.1, 0.15) is 49.8 Å². The average molecular weight is 351 g/mol. The number of anilines is 1. The molecule has 26 heavy (non-hydrogen) atoms. The highest BCUT2D eigenvalue weighted by Gasteiger charge is 2.43. The summed E-state index contributed by atoms with van der Waals surface area (Å²) in [7, 11) is 0. The molecule has 1 aliphatic heterocycles. The number of aryl methyl sites for hydroxylation is 2. The van der Waals surface area contributed by atoms with Gasteiger partial charge in [-0.1, -0.05) is 48.0 Å². The Hall–Kier alpha value is -2.13. The number of nitrogens with one attached hydrogen (secondary N) is 1. The van der Waals surface area contributed by atoms with Crippen molar-refractivity contribution in [2.24, 2.45) is 0 Å². The Labute approximate surface area is 156 Å². The van der Waals surface area contributed by atoms with Gasteiger partial charge in [-0.2, -0.15) is 0 Å². The number of ether oxygens (including phenoxy) is 1. The van der Waals surface area contributed by atoms with Gasteiger partial charge in [0.25, 0.3) is 0 Å². The van der Waals surface area contributed by atoms with Gasteiger partial charge in [0.05, 0.1) is 5.60 Å². The molecular formula is C23H29NO2. The number of hydrogen-bond acceptors (Lipinski definition) is 2. The van der Waals surface area contributed by atoms with E-state index in [2.05, 4.69) is 50.4 Å². The molecule has 0 radical (unpaired) electrons. The molecule has 1 heterocycles. The van der Waals surface area contributed by atoms with Crippen LogP contribution in [-0.4, -0.2) is 18.1 Å². The van der Waals surface area contributed by atoms with Crippen LogP contribution in [0.3, 0.4) is 0 Å². The van der Waals surface area contributed by atoms with E-state index in [-0.39, 0.29) is 16.9 Å². The van der Waals surface area contributed by atoms with E-state index in [1.165, 1.54) is 11.1 Å². The average Bonchev–Trinajstić information content (AvgIpc) is 2.56. The molecule has 0 bridgehead atoms. The van der Waals surface area contributed by atoms with Crippen LogP contribution in [0, 0.1) is 13.8 Å². The summed E-state index contributed by atoms with van der Waals surface area (Å²) in [6.45, 7) is 9.03. The molecule has 0 aromatic heterocycles. The van der Waals surface area contributed by atoms with Crippen molar-refractivity contribution in [3.05, 3.63) is 65.2 Å². The molecule has 138 valence electrons. The minimum atomic E-state index is -0.230. The Morgan fingerprint density at radius 2 is 1.77 bits per heavy atom. The molecule has 1 amide bonds. The summed E-state index contributed by atoms with van der Waals surface area (Å²) < 4.78 is 5.95. The molecule has 0 spiro atoms. The molecule has 2 aromatic rings. The van der Waals surface area contributed by atoms with Crippen molar-refractivity contribution in [3.63, 3.8) is 0 Å². The van der Waals surface area contributed by atoms with Crippen molar-refractivity contribution in [2.75, 3.05) is 11.9 Å². The lowest BCUT2D eigenvalue weighted by atomic mass is 9.67. The van der Waals surface area contributed by atoms with Crippen molar-refractivity contribution in [1.29, 1.82) is 0 Å². The SMILES string of the molecule is Cc1ccc([C@]2(CC(=O)Nc3ccccc3C)CCOC(C)(C)C2)cc1. The molecule has 0 aliphatic carbocycles. The predicted molar refractivity (Wildman–Crippen MR) is 107 cm³/mol. The summed E-state index contributed by atoms with van der Waals surface area (Å²) in [5, 5.41) is 3.11. The second-order valence-corrected chi connectivity index (χ2v) is 8.22. The standard InChI is InChI=1S/C23H29NO2/c1-17-9-11-19(12-10-17)23(13-14-26-22(3,4)16-23)15-21(25)24-20-8-6-5-7-18(20)2/h5-12H,13-16H2,1-4H3,(H,24,25)/t23-/m0/s1. The number of carbonyl (C=O) groups is 1. The zero-order valence-electron chi connectivity index (χ0n) is 16.3. The minimum Gasteiger partial charge on any atom is -0.376 e. The van der Waals surface area contributed by atoms with E-state index in [0.717, 1.165) is 24.1 Å². The maximum Gasteiger partial charge on any atom is 0.225 e. The van der Waals surface area contributed by atoms with Gasteiger partial charge in [0.1, 0.15) is 0 Å². The van der Waals surface area contributed by atoms with Gasteiger partial charge in [0.15, 0.2) is 0 Å². The number of benzene rings is 2. The number of rotatable bonds is 4. The number of amides is 1. The fourth-order valence-corrected chi connectivity index (χ4v) is 4.10. The third kappa shape index (κ3) is 4.16. The summed E-state index contributed by atoms with van der Waals surface area (Å²) in [5.41, 5.74) is 4.02. The quantitative estimate of drug-likeness (QED) is 0.826. The van der Waals surface area contributed by atoms with Crippen molar-refractivity contribution in [1.82, 2.24) is 0 Å². The van der Waals surface area contributed by atoms with Gasteiger partial charge in [0, 0.05) is 24.1 Å². The lowest BCUT2D eigenvalue weighted by Crippen LogP contribution is -2.45. The number of para-hydroxylation sites is 1. The summed E-state index contributed by atoms with van der Waals surface area (Å²) >= 11 is 0. The van der Waals surface area contributed by atoms with Crippen LogP contribution in [-0.2, 0) is 14.9 Å². The van der Waals surface area contributed by atoms with Crippen molar-refractivity contribution < 1.29 is 9.53 Å². The lowest BCUT2D eigenvalue weighted by Gasteiger charge is -2.45. The molecule has 1 saturated heterocycles. The maximum absolute atomic E-state index is 12.9. The maximum atomic E-state index is 12.9. The first-order chi connectivity index (χ1) is 12.3. The van der Waals surface area contributed by atoms with Gasteiger partial charge in [-0.25, -0.2) is 0 Å². The summed E-state index contributed by atoms with van der Waals surface area (Å²) in [5.74, 6) is 0.0672. The molecule has 3 heteroatoms. The fraction of sp³-hybridized carbons (Fsp3) is 0.435. The van der Waals surface area contributed by atoms with Gasteiger partial charge in [-0.15, -0.1) is 0 Å². The van der Waals surface area contributed by atoms with Crippen LogP contribution in [0.15, 0.2) is 48.5 Å². The Bertz CT molecular complexity index is 779. The van der Waals surface area contributed by atoms with Crippen LogP contribution in [0.2, 0.25) is 0 Å². The predicted octanol–water partition coefficient (Wildman–Crippen LogP) is 5.16. The minimum absolute atomic E-state index is 0.0672. The topological polar surface area (TPSA) is 38.3 Å². The third-order valence-electron chi connectivity index (χ3n) is 5.42. The van der Waals surface area contributed by atoms with Gasteiger partial charge >= 0.3 is 0 Å². The second kappa shape index (κ2) is 7.24. The molecule has 3 nitrogen and oxygen atoms in total. The monoisotopic (exact) mass is 351 g/mol. The van der Waals surface area contributed by atoms with E-state index >= 15 is 0 Å². The molecule has 0 unspecified atom stereocenters. The van der Waals surface area contributed by atoms with Gasteiger partial charge < -0.3 is 10.1 Å². The normalized spacial score (nSPS) is 22.0. The second-order valence-electron chi connectivity index (χ2n) is 8.22. The molecule has 3 rings (SSSR count). The Balaban J connectivity index is 1.87. The zero-order chi connectivity index (χ0) is 18.8. The van der Waals surface area contributed by atoms with Crippen LogP contribution in [0.4, 0.5) is 5.69 Å². The molecular weight excluding hydrogens is 322 g/mol. The first-order valence-electron chi connectivity index (χ1n) is 9.36. The Morgan fingerprint density at radius 1 is 1.08 bits per heavy atom. The number of hydrogen-bond donors (Lipinski definition) is 1. The van der Waals surface area contributed by atoms with E-state index in [4.69, 9.17) is 4.74 Å². The molecule has 1 atom stereocenters. The summed E-state index contributed by atoms with van der Waals surface area (Å²) in [6.07, 6.45) is 2.17. The van der Waals surface area contributed by atoms with Crippen molar-refractivity contribution in [2.45, 2.75) is 58.0 Å². The zero-order valence-corrected chi connectivity index (χ0v) is 16.3. The summed E-state index contributed by atoms with van der Waals surface area (Å²) in [4.78, 5) is 12.9. The Morgan fingerprint density at radius 3 is 2.42 bits per heavy atom. The molecule has 2 aromatic carbocycles. The fourth-order valence-electron chi connectivity index (χ4n) is 4.10. The Kier molecular flexibility index (Phi) is 5.19. The van der Waals surface area contributed by atoms with Crippen molar-refractivity contribution in [3.8, 4) is 0 Å². The highest BCUT2D eigenvalue weighted by molar-refractivity contribution is 5.92. The smallest absolute Gasteiger partial charge is 0.225 e. The van der Waals surface area contributed by atoms with E-state index in [0.29, 0.717) is 13.0 Å². The highest BCUT2D eigenvalue weighted by Crippen LogP contribution is 2.44. The largest absolute Gasteiger partial charge is 0.376 e. The van der Waals surface area contributed by atoms with Crippen LogP contribution < -0.4 is 5.32 Å². The molecule has 0 saturated carbocycles. The van der Waals surface area contributed by atoms with Crippen LogP contribution in [0.5, 0.6) is 0 Å². The van der Waals surface area contributed by atoms with Crippen LogP contribution in [0.25, 0.3) is 0 Å². The molecule has 1 fully saturated rings. The first-order valence-corrected chi connectivity index (χ1v) is 9.36. The molecule has 1 aliphatic rings. The lowest BCUT2D eigenvalue weighted by molar-refractivity contribution is -0.122. The van der Waals surface area contributed by atoms with Crippen molar-refractivity contribution >= 4 is 11.6 Å². The van der Waals surface area contributed by atoms with Gasteiger partial charge in [-0.05, 0) is 57.7 Å². The highest BCUT2D eigenvalue weighted by atomic mass is 16.5. The van der Waals surface area contributed by atoms with E-state index in [1.807, 2.05) is 31.2 Å². The van der Waals surface area contributed by atoms with Crippen LogP contribution >= 0.6 is 0 Å². The van der Waals surface area contributed by atoms with Gasteiger partial charge in [0.2, 0.25) is 5.91 Å². The number of carbonyl (C=O) groups excluding carboxylic acids is 1.